The fourth-order valence-corrected chi connectivity index (χ4v) is 1.24. The van der Waals surface area contributed by atoms with Crippen LogP contribution < -0.4 is 5.32 Å². The number of anilines is 1. The number of nitrogens with one attached hydrogen (secondary N) is 1. The van der Waals surface area contributed by atoms with Crippen LogP contribution in [0.4, 0.5) is 5.69 Å². The average Bonchev–Trinajstić information content (AvgIpc) is 2.17. The van der Waals surface area contributed by atoms with Gasteiger partial charge >= 0.3 is 0 Å². The van der Waals surface area contributed by atoms with Crippen LogP contribution in [0.15, 0.2) is 35.6 Å². The van der Waals surface area contributed by atoms with Gasteiger partial charge in [0.05, 0.1) is 22.8 Å². The third kappa shape index (κ3) is 2.82. The summed E-state index contributed by atoms with van der Waals surface area (Å²) in [6.45, 7) is 3.63. The Morgan fingerprint density at radius 3 is 3.08 bits per heavy atom. The number of halogens is 1. The Hall–Kier alpha value is -0.870. The van der Waals surface area contributed by atoms with Gasteiger partial charge in [-0.25, -0.2) is 0 Å². The molecule has 70 valence electrons. The van der Waals surface area contributed by atoms with Crippen molar-refractivity contribution in [3.63, 3.8) is 0 Å². The van der Waals surface area contributed by atoms with Crippen molar-refractivity contribution < 1.29 is 5.11 Å². The van der Waals surface area contributed by atoms with E-state index in [1.54, 1.807) is 18.5 Å². The van der Waals surface area contributed by atoms with Crippen LogP contribution in [-0.2, 0) is 0 Å². The Kier molecular flexibility index (Phi) is 3.92. The maximum atomic E-state index is 8.91. The van der Waals surface area contributed by atoms with E-state index in [-0.39, 0.29) is 12.6 Å². The molecule has 1 heterocycles. The predicted molar refractivity (Wildman–Crippen MR) is 56.6 cm³/mol. The van der Waals surface area contributed by atoms with Gasteiger partial charge in [-0.05, 0) is 22.0 Å². The second-order valence-electron chi connectivity index (χ2n) is 2.52. The fraction of sp³-hybridized carbons (Fsp3) is 0.222. The van der Waals surface area contributed by atoms with Gasteiger partial charge in [0.1, 0.15) is 0 Å². The van der Waals surface area contributed by atoms with Gasteiger partial charge in [-0.1, -0.05) is 6.08 Å². The monoisotopic (exact) mass is 242 g/mol. The third-order valence-electron chi connectivity index (χ3n) is 1.59. The molecule has 0 bridgehead atoms. The molecular weight excluding hydrogens is 232 g/mol. The van der Waals surface area contributed by atoms with Gasteiger partial charge in [-0.3, -0.25) is 4.98 Å². The van der Waals surface area contributed by atoms with Crippen molar-refractivity contribution >= 4 is 21.6 Å². The smallest absolute Gasteiger partial charge is 0.0673 e. The van der Waals surface area contributed by atoms with E-state index in [4.69, 9.17) is 5.11 Å². The van der Waals surface area contributed by atoms with Crippen molar-refractivity contribution in [2.24, 2.45) is 0 Å². The van der Waals surface area contributed by atoms with Crippen molar-refractivity contribution in [2.75, 3.05) is 11.9 Å². The van der Waals surface area contributed by atoms with Crippen LogP contribution in [0.1, 0.15) is 0 Å². The van der Waals surface area contributed by atoms with Gasteiger partial charge in [0.25, 0.3) is 0 Å². The number of hydrogen-bond acceptors (Lipinski definition) is 3. The summed E-state index contributed by atoms with van der Waals surface area (Å²) in [5.41, 5.74) is 0.897. The largest absolute Gasteiger partial charge is 0.394 e. The molecule has 0 amide bonds. The standard InChI is InChI=1S/C9H11BrN2O/c1-2-7(6-13)12-9-3-4-11-5-8(9)10/h2-5,7,13H,1,6H2,(H,11,12). The number of aliphatic hydroxyl groups is 1. The molecule has 1 atom stereocenters. The summed E-state index contributed by atoms with van der Waals surface area (Å²) >= 11 is 3.34. The molecule has 1 rings (SSSR count). The van der Waals surface area contributed by atoms with Crippen LogP contribution >= 0.6 is 15.9 Å². The molecule has 0 saturated heterocycles. The fourth-order valence-electron chi connectivity index (χ4n) is 0.871. The molecule has 3 nitrogen and oxygen atoms in total. The van der Waals surface area contributed by atoms with Crippen LogP contribution in [-0.4, -0.2) is 22.7 Å². The van der Waals surface area contributed by atoms with E-state index in [0.29, 0.717) is 0 Å². The zero-order chi connectivity index (χ0) is 9.68. The number of aliphatic hydroxyl groups excluding tert-OH is 1. The first-order valence-corrected chi connectivity index (χ1v) is 4.66. The number of aromatic nitrogens is 1. The molecule has 1 aromatic rings. The summed E-state index contributed by atoms with van der Waals surface area (Å²) in [6, 6.07) is 1.70. The minimum atomic E-state index is -0.126. The van der Waals surface area contributed by atoms with Crippen molar-refractivity contribution in [1.82, 2.24) is 4.98 Å². The first-order chi connectivity index (χ1) is 6.27. The first-order valence-electron chi connectivity index (χ1n) is 3.87. The lowest BCUT2D eigenvalue weighted by Gasteiger charge is -2.13. The van der Waals surface area contributed by atoms with Crippen LogP contribution in [0, 0.1) is 0 Å². The Balaban J connectivity index is 2.73. The summed E-state index contributed by atoms with van der Waals surface area (Å²) in [5, 5.41) is 12.0. The molecule has 1 unspecified atom stereocenters. The molecule has 0 aromatic carbocycles. The lowest BCUT2D eigenvalue weighted by molar-refractivity contribution is 0.291. The summed E-state index contributed by atoms with van der Waals surface area (Å²) in [5.74, 6) is 0. The van der Waals surface area contributed by atoms with Gasteiger partial charge in [-0.2, -0.15) is 0 Å². The van der Waals surface area contributed by atoms with Gasteiger partial charge in [0.2, 0.25) is 0 Å². The SMILES string of the molecule is C=CC(CO)Nc1ccncc1Br. The quantitative estimate of drug-likeness (QED) is 0.792. The van der Waals surface area contributed by atoms with Gasteiger partial charge in [-0.15, -0.1) is 6.58 Å². The summed E-state index contributed by atoms with van der Waals surface area (Å²) in [6.07, 6.45) is 5.04. The summed E-state index contributed by atoms with van der Waals surface area (Å²) in [4.78, 5) is 3.93. The number of pyridine rings is 1. The topological polar surface area (TPSA) is 45.1 Å². The molecule has 13 heavy (non-hydrogen) atoms. The maximum Gasteiger partial charge on any atom is 0.0673 e. The molecule has 1 aromatic heterocycles. The van der Waals surface area contributed by atoms with E-state index in [1.807, 2.05) is 6.07 Å². The molecule has 0 spiro atoms. The van der Waals surface area contributed by atoms with E-state index >= 15 is 0 Å². The minimum Gasteiger partial charge on any atom is -0.394 e. The Morgan fingerprint density at radius 1 is 1.77 bits per heavy atom. The summed E-state index contributed by atoms with van der Waals surface area (Å²) in [7, 11) is 0. The number of hydrogen-bond donors (Lipinski definition) is 2. The first kappa shape index (κ1) is 10.2. The molecule has 0 aliphatic heterocycles. The molecule has 0 aliphatic carbocycles. The third-order valence-corrected chi connectivity index (χ3v) is 2.23. The Bertz CT molecular complexity index is 291. The van der Waals surface area contributed by atoms with Gasteiger partial charge in [0.15, 0.2) is 0 Å². The highest BCUT2D eigenvalue weighted by atomic mass is 79.9. The molecule has 0 fully saturated rings. The number of rotatable bonds is 4. The van der Waals surface area contributed by atoms with Crippen molar-refractivity contribution in [3.8, 4) is 0 Å². The van der Waals surface area contributed by atoms with Gasteiger partial charge < -0.3 is 10.4 Å². The van der Waals surface area contributed by atoms with Crippen molar-refractivity contribution in [2.45, 2.75) is 6.04 Å². The average molecular weight is 243 g/mol. The summed E-state index contributed by atoms with van der Waals surface area (Å²) < 4.78 is 0.871. The van der Waals surface area contributed by atoms with Crippen LogP contribution in [0.2, 0.25) is 0 Å². The molecule has 2 N–H and O–H groups in total. The minimum absolute atomic E-state index is 0.0261. The van der Waals surface area contributed by atoms with E-state index in [9.17, 15) is 0 Å². The van der Waals surface area contributed by atoms with Crippen LogP contribution in [0.25, 0.3) is 0 Å². The zero-order valence-electron chi connectivity index (χ0n) is 7.07. The molecular formula is C9H11BrN2O. The highest BCUT2D eigenvalue weighted by Crippen LogP contribution is 2.20. The molecule has 0 saturated carbocycles. The van der Waals surface area contributed by atoms with E-state index < -0.39 is 0 Å². The highest BCUT2D eigenvalue weighted by molar-refractivity contribution is 9.10. The second kappa shape index (κ2) is 4.99. The van der Waals surface area contributed by atoms with E-state index in [2.05, 4.69) is 32.8 Å². The van der Waals surface area contributed by atoms with Crippen LogP contribution in [0.5, 0.6) is 0 Å². The Labute approximate surface area is 85.6 Å². The lowest BCUT2D eigenvalue weighted by Crippen LogP contribution is -2.20. The molecule has 0 aliphatic rings. The number of nitrogens with zero attached hydrogens (tertiary/aromatic N) is 1. The predicted octanol–water partition coefficient (Wildman–Crippen LogP) is 1.80. The van der Waals surface area contributed by atoms with Gasteiger partial charge in [0, 0.05) is 12.4 Å². The molecule has 0 radical (unpaired) electrons. The highest BCUT2D eigenvalue weighted by Gasteiger charge is 2.03. The van der Waals surface area contributed by atoms with E-state index in [0.717, 1.165) is 10.2 Å². The lowest BCUT2D eigenvalue weighted by atomic mass is 10.3. The molecule has 4 heteroatoms. The maximum absolute atomic E-state index is 8.91. The van der Waals surface area contributed by atoms with Crippen molar-refractivity contribution in [3.05, 3.63) is 35.6 Å². The van der Waals surface area contributed by atoms with Crippen LogP contribution in [0.3, 0.4) is 0 Å². The zero-order valence-corrected chi connectivity index (χ0v) is 8.66. The normalized spacial score (nSPS) is 12.2. The van der Waals surface area contributed by atoms with Crippen molar-refractivity contribution in [1.29, 1.82) is 0 Å². The van der Waals surface area contributed by atoms with E-state index in [1.165, 1.54) is 0 Å². The second-order valence-corrected chi connectivity index (χ2v) is 3.38. The Morgan fingerprint density at radius 2 is 2.54 bits per heavy atom.